The molecule has 0 aliphatic carbocycles. The summed E-state index contributed by atoms with van der Waals surface area (Å²) in [7, 11) is 0. The number of hydrogen-bond donors (Lipinski definition) is 15. The number of aliphatic imine (C=N–C) groups is 1. The largest absolute Gasteiger partial charge is 0.370 e. The lowest BCUT2D eigenvalue weighted by molar-refractivity contribution is -0.144. The number of nitrogens with zero attached hydrogens (tertiary/aromatic N) is 3. The van der Waals surface area contributed by atoms with Crippen molar-refractivity contribution in [3.63, 3.8) is 0 Å². The van der Waals surface area contributed by atoms with Gasteiger partial charge < -0.3 is 92.5 Å². The number of amides is 12. The maximum atomic E-state index is 14.7. The number of primary amides is 3. The highest BCUT2D eigenvalue weighted by Crippen LogP contribution is 2.24. The van der Waals surface area contributed by atoms with Crippen LogP contribution in [0.1, 0.15) is 135 Å². The molecule has 0 bridgehead atoms. The van der Waals surface area contributed by atoms with Gasteiger partial charge in [0.15, 0.2) is 5.96 Å². The second-order valence-electron chi connectivity index (χ2n) is 25.0. The fraction of sp³-hybridized carbons (Fsp3) is 0.609. The number of nitrogens with two attached hydrogens (primary N) is 7. The summed E-state index contributed by atoms with van der Waals surface area (Å²) in [5, 5.41) is 22.3. The van der Waals surface area contributed by atoms with Crippen LogP contribution in [0.15, 0.2) is 65.7 Å². The molecule has 94 heavy (non-hydrogen) atoms. The molecule has 0 aromatic heterocycles. The molecule has 2 heterocycles. The monoisotopic (exact) mass is 1310 g/mol. The molecule has 10 atom stereocenters. The van der Waals surface area contributed by atoms with Crippen molar-refractivity contribution in [3.8, 4) is 0 Å². The Bertz CT molecular complexity index is 2880. The highest BCUT2D eigenvalue weighted by atomic mass is 16.2. The van der Waals surface area contributed by atoms with Crippen molar-refractivity contribution < 1.29 is 57.5 Å². The Morgan fingerprint density at radius 3 is 1.59 bits per heavy atom. The Balaban J connectivity index is 1.54. The molecule has 2 aliphatic heterocycles. The van der Waals surface area contributed by atoms with Gasteiger partial charge in [0.2, 0.25) is 70.9 Å². The van der Waals surface area contributed by atoms with Gasteiger partial charge >= 0.3 is 0 Å². The first-order valence-corrected chi connectivity index (χ1v) is 32.6. The second kappa shape index (κ2) is 40.4. The number of rotatable bonds is 42. The van der Waals surface area contributed by atoms with Crippen molar-refractivity contribution >= 4 is 76.8 Å². The lowest BCUT2D eigenvalue weighted by Crippen LogP contribution is -2.59. The third-order valence-corrected chi connectivity index (χ3v) is 16.2. The van der Waals surface area contributed by atoms with Crippen molar-refractivity contribution in [2.24, 2.45) is 57.0 Å². The first-order chi connectivity index (χ1) is 44.7. The number of nitrogens with one attached hydrogen (secondary N) is 8. The SMILES string of the molecule is CC(C)C[C@H](NC(=O)[C@H](CC(C)C)NC(=O)CNC(=O)[C@H](Cc1ccccc1)NC(=O)[C@H](Cc1ccccc1)NC[C@H](CCC(N)=O)NC(=O)[C@H](CCC(N)=O)NC(=O)[C@@H]1CCCN1C(=O)[C@H](CCCCN)NC(=O)[C@@H]1CCCN1C(=O)[C@@H](N)CCCN=C(N)N)C(N)=O. The van der Waals surface area contributed by atoms with Crippen LogP contribution in [0.5, 0.6) is 0 Å². The fourth-order valence-electron chi connectivity index (χ4n) is 11.3. The van der Waals surface area contributed by atoms with E-state index in [-0.39, 0.29) is 115 Å². The van der Waals surface area contributed by atoms with Gasteiger partial charge in [0.05, 0.1) is 18.6 Å². The smallest absolute Gasteiger partial charge is 0.245 e. The standard InChI is InChI=1S/C64H102N18O12/c1-38(2)32-46(55(69)86)79-59(90)48(33-39(3)4)76-54(85)37-74-56(87)49(35-41-18-9-6-10-19-41)80-58(89)47(34-40-16-7-5-8-17-40)73-36-42(24-26-52(67)83)75-57(88)44(25-27-53(68)84)77-60(91)51-23-15-31-82(51)63(94)45(21-11-12-28-65)78-61(92)50-22-14-30-81(50)62(93)43(66)20-13-29-72-64(70)71/h5-10,16-19,38-39,42-51,73H,11-15,20-37,65-66H2,1-4H3,(H2,67,83)(H2,68,84)(H2,69,86)(H,74,87)(H,75,88)(H,76,85)(H,77,91)(H,78,92)(H,79,90)(H,80,89)(H4,70,71,72)/t42-,43-,44-,45-,46-,47-,48-,49-,50-,51-/m0/s1. The van der Waals surface area contributed by atoms with Crippen molar-refractivity contribution in [1.29, 1.82) is 0 Å². The molecule has 2 fully saturated rings. The van der Waals surface area contributed by atoms with Crippen LogP contribution in [0, 0.1) is 11.8 Å². The molecular formula is C64H102N18O12. The van der Waals surface area contributed by atoms with Crippen molar-refractivity contribution in [2.45, 2.75) is 197 Å². The zero-order valence-electron chi connectivity index (χ0n) is 54.7. The molecule has 30 heteroatoms. The summed E-state index contributed by atoms with van der Waals surface area (Å²) in [6.45, 7) is 7.60. The summed E-state index contributed by atoms with van der Waals surface area (Å²) in [4.78, 5) is 170. The Hall–Kier alpha value is -8.77. The van der Waals surface area contributed by atoms with E-state index in [1.54, 1.807) is 60.7 Å². The van der Waals surface area contributed by atoms with Crippen molar-refractivity contribution in [2.75, 3.05) is 39.3 Å². The quantitative estimate of drug-likeness (QED) is 0.0180. The van der Waals surface area contributed by atoms with E-state index in [4.69, 9.17) is 40.1 Å². The van der Waals surface area contributed by atoms with Crippen LogP contribution < -0.4 is 82.7 Å². The fourth-order valence-corrected chi connectivity index (χ4v) is 11.3. The van der Waals surface area contributed by atoms with E-state index in [9.17, 15) is 57.5 Å². The van der Waals surface area contributed by atoms with Gasteiger partial charge in [0.1, 0.15) is 42.3 Å². The summed E-state index contributed by atoms with van der Waals surface area (Å²) < 4.78 is 0. The zero-order chi connectivity index (χ0) is 69.4. The van der Waals surface area contributed by atoms with Crippen LogP contribution in [-0.4, -0.2) is 186 Å². The summed E-state index contributed by atoms with van der Waals surface area (Å²) in [5.74, 6) is -8.23. The Morgan fingerprint density at radius 2 is 1.04 bits per heavy atom. The van der Waals surface area contributed by atoms with E-state index in [1.165, 1.54) is 9.80 Å². The molecule has 0 saturated carbocycles. The second-order valence-corrected chi connectivity index (χ2v) is 25.0. The van der Waals surface area contributed by atoms with Crippen LogP contribution in [-0.2, 0) is 70.4 Å². The summed E-state index contributed by atoms with van der Waals surface area (Å²) >= 11 is 0. The number of hydrogen-bond acceptors (Lipinski definition) is 16. The lowest BCUT2D eigenvalue weighted by atomic mass is 10.00. The molecule has 2 saturated heterocycles. The minimum absolute atomic E-state index is 0.0203. The molecule has 0 spiro atoms. The molecular weight excluding hydrogens is 1210 g/mol. The van der Waals surface area contributed by atoms with E-state index in [2.05, 4.69) is 47.5 Å². The number of likely N-dealkylation sites (tertiary alicyclic amines) is 2. The predicted octanol–water partition coefficient (Wildman–Crippen LogP) is -2.94. The summed E-state index contributed by atoms with van der Waals surface area (Å²) in [5.41, 5.74) is 41.0. The summed E-state index contributed by atoms with van der Waals surface area (Å²) in [6.07, 6.45) is 2.72. The predicted molar refractivity (Wildman–Crippen MR) is 352 cm³/mol. The third kappa shape index (κ3) is 27.4. The van der Waals surface area contributed by atoms with Gasteiger partial charge in [-0.3, -0.25) is 62.5 Å². The van der Waals surface area contributed by atoms with Gasteiger partial charge in [-0.25, -0.2) is 0 Å². The van der Waals surface area contributed by atoms with E-state index < -0.39 is 138 Å². The third-order valence-electron chi connectivity index (χ3n) is 16.2. The number of carbonyl (C=O) groups excluding carboxylic acids is 12. The van der Waals surface area contributed by atoms with Crippen LogP contribution in [0.4, 0.5) is 0 Å². The number of unbranched alkanes of at least 4 members (excludes halogenated alkanes) is 1. The molecule has 520 valence electrons. The first kappa shape index (κ1) is 77.7. The van der Waals surface area contributed by atoms with E-state index in [0.29, 0.717) is 56.2 Å². The molecule has 30 nitrogen and oxygen atoms in total. The van der Waals surface area contributed by atoms with Crippen molar-refractivity contribution in [3.05, 3.63) is 71.8 Å². The van der Waals surface area contributed by atoms with Crippen molar-refractivity contribution in [1.82, 2.24) is 52.3 Å². The van der Waals surface area contributed by atoms with Gasteiger partial charge in [-0.1, -0.05) is 88.4 Å². The zero-order valence-corrected chi connectivity index (χ0v) is 54.7. The van der Waals surface area contributed by atoms with Gasteiger partial charge in [0, 0.05) is 51.5 Å². The van der Waals surface area contributed by atoms with Gasteiger partial charge in [-0.15, -0.1) is 0 Å². The normalized spacial score (nSPS) is 17.0. The Morgan fingerprint density at radius 1 is 0.532 bits per heavy atom. The van der Waals surface area contributed by atoms with E-state index in [0.717, 1.165) is 0 Å². The average Bonchev–Trinajstić information content (AvgIpc) is 1.63. The van der Waals surface area contributed by atoms with Crippen LogP contribution in [0.2, 0.25) is 0 Å². The average molecular weight is 1320 g/mol. The van der Waals surface area contributed by atoms with Gasteiger partial charge in [0.25, 0.3) is 0 Å². The number of carbonyl (C=O) groups is 12. The highest BCUT2D eigenvalue weighted by molar-refractivity contribution is 5.97. The van der Waals surface area contributed by atoms with Crippen LogP contribution in [0.25, 0.3) is 0 Å². The van der Waals surface area contributed by atoms with Crippen LogP contribution in [0.3, 0.4) is 0 Å². The minimum Gasteiger partial charge on any atom is -0.370 e. The minimum atomic E-state index is -1.43. The van der Waals surface area contributed by atoms with Gasteiger partial charge in [-0.2, -0.15) is 0 Å². The Labute approximate surface area is 550 Å². The summed E-state index contributed by atoms with van der Waals surface area (Å²) in [6, 6.07) is 6.71. The molecule has 12 amide bonds. The number of guanidine groups is 1. The van der Waals surface area contributed by atoms with Crippen LogP contribution >= 0.6 is 0 Å². The van der Waals surface area contributed by atoms with Gasteiger partial charge in [-0.05, 0) is 119 Å². The molecule has 0 unspecified atom stereocenters. The molecule has 2 aliphatic rings. The first-order valence-electron chi connectivity index (χ1n) is 32.6. The van der Waals surface area contributed by atoms with E-state index in [1.807, 2.05) is 27.7 Å². The Kier molecular flexibility index (Phi) is 33.4. The molecule has 2 aromatic rings. The molecule has 4 rings (SSSR count). The molecule has 0 radical (unpaired) electrons. The maximum absolute atomic E-state index is 14.7. The molecule has 22 N–H and O–H groups in total. The number of benzene rings is 2. The lowest BCUT2D eigenvalue weighted by Gasteiger charge is -2.32. The topological polar surface area (TPSA) is 502 Å². The molecule has 2 aromatic carbocycles. The van der Waals surface area contributed by atoms with E-state index >= 15 is 0 Å². The maximum Gasteiger partial charge on any atom is 0.245 e. The highest BCUT2D eigenvalue weighted by Gasteiger charge is 2.42.